The Bertz CT molecular complexity index is 848. The molecule has 144 valence electrons. The third kappa shape index (κ3) is 4.62. The number of hydrogen-bond acceptors (Lipinski definition) is 4. The van der Waals surface area contributed by atoms with Crippen LogP contribution >= 0.6 is 0 Å². The van der Waals surface area contributed by atoms with E-state index in [-0.39, 0.29) is 6.54 Å². The Morgan fingerprint density at radius 3 is 2.00 bits per heavy atom. The van der Waals surface area contributed by atoms with Gasteiger partial charge in [0, 0.05) is 23.4 Å². The fourth-order valence-corrected chi connectivity index (χ4v) is 2.83. The van der Waals surface area contributed by atoms with Crippen molar-refractivity contribution in [1.82, 2.24) is 10.0 Å². The number of nitrogens with zero attached hydrogens (tertiary/aromatic N) is 3. The molecule has 1 aromatic rings. The molecule has 0 aliphatic rings. The summed E-state index contributed by atoms with van der Waals surface area (Å²) in [7, 11) is -5.00. The van der Waals surface area contributed by atoms with Gasteiger partial charge in [-0.05, 0) is 5.53 Å². The second-order valence-corrected chi connectivity index (χ2v) is 7.73. The topological polar surface area (TPSA) is 124 Å². The lowest BCUT2D eigenvalue weighted by Gasteiger charge is -2.17. The first-order chi connectivity index (χ1) is 11.8. The average molecular weight is 397 g/mol. The molecule has 1 aromatic carbocycles. The quantitative estimate of drug-likeness (QED) is 0.191. The van der Waals surface area contributed by atoms with E-state index in [1.165, 1.54) is 0 Å². The van der Waals surface area contributed by atoms with Crippen LogP contribution in [-0.4, -0.2) is 27.4 Å². The van der Waals surface area contributed by atoms with E-state index in [4.69, 9.17) is 5.53 Å². The zero-order chi connectivity index (χ0) is 20.3. The molecule has 1 rings (SSSR count). The van der Waals surface area contributed by atoms with Gasteiger partial charge in [0.05, 0.1) is 0 Å². The monoisotopic (exact) mass is 397 g/mol. The number of nitrogens with one attached hydrogen (secondary N) is 2. The maximum absolute atomic E-state index is 13.9. The Morgan fingerprint density at radius 1 is 1.08 bits per heavy atom. The summed E-state index contributed by atoms with van der Waals surface area (Å²) in [5, 5.41) is 4.82. The van der Waals surface area contributed by atoms with Crippen molar-refractivity contribution in [3.63, 3.8) is 0 Å². The third-order valence-electron chi connectivity index (χ3n) is 3.00. The highest BCUT2D eigenvalue weighted by Crippen LogP contribution is 2.32. The second kappa shape index (κ2) is 7.89. The van der Waals surface area contributed by atoms with Crippen LogP contribution in [0.3, 0.4) is 0 Å². The summed E-state index contributed by atoms with van der Waals surface area (Å²) in [4.78, 5) is 11.7. The number of azide groups is 1. The highest BCUT2D eigenvalue weighted by molar-refractivity contribution is 7.89. The Labute approximate surface area is 146 Å². The van der Waals surface area contributed by atoms with Crippen molar-refractivity contribution >= 4 is 21.6 Å². The van der Waals surface area contributed by atoms with E-state index in [2.05, 4.69) is 10.4 Å². The molecule has 0 unspecified atom stereocenters. The zero-order valence-corrected chi connectivity index (χ0v) is 14.7. The minimum atomic E-state index is -5.00. The summed E-state index contributed by atoms with van der Waals surface area (Å²) >= 11 is 0. The molecule has 0 spiro atoms. The van der Waals surface area contributed by atoms with Gasteiger partial charge < -0.3 is 5.32 Å². The standard InChI is InChI=1S/C13H15F4N5O3S/c1-13(2,3)12(23)19-4-5-20-26(24,25)11-8(16)6(14)10(21-22-18)7(15)9(11)17/h20H,4-5H2,1-3H3,(H,19,23). The lowest BCUT2D eigenvalue weighted by molar-refractivity contribution is -0.128. The van der Waals surface area contributed by atoms with Crippen LogP contribution in [0.15, 0.2) is 10.0 Å². The van der Waals surface area contributed by atoms with Gasteiger partial charge in [-0.25, -0.2) is 30.7 Å². The van der Waals surface area contributed by atoms with Gasteiger partial charge in [-0.3, -0.25) is 4.79 Å². The third-order valence-corrected chi connectivity index (χ3v) is 4.48. The predicted molar refractivity (Wildman–Crippen MR) is 82.7 cm³/mol. The van der Waals surface area contributed by atoms with E-state index in [9.17, 15) is 30.8 Å². The summed E-state index contributed by atoms with van der Waals surface area (Å²) in [5.41, 5.74) is 5.76. The van der Waals surface area contributed by atoms with Gasteiger partial charge in [0.2, 0.25) is 15.9 Å². The lowest BCUT2D eigenvalue weighted by Crippen LogP contribution is -2.40. The van der Waals surface area contributed by atoms with Crippen molar-refractivity contribution in [2.75, 3.05) is 13.1 Å². The summed E-state index contributed by atoms with van der Waals surface area (Å²) in [6.07, 6.45) is 0. The number of carbonyl (C=O) groups excluding carboxylic acids is 1. The molecule has 0 aliphatic carbocycles. The van der Waals surface area contributed by atoms with Crippen molar-refractivity contribution in [3.8, 4) is 0 Å². The SMILES string of the molecule is CC(C)(C)C(=O)NCCNS(=O)(=O)c1c(F)c(F)c(N=[N+]=[N-])c(F)c1F. The Balaban J connectivity index is 3.07. The van der Waals surface area contributed by atoms with E-state index in [0.717, 1.165) is 0 Å². The molecular formula is C13H15F4N5O3S. The maximum Gasteiger partial charge on any atom is 0.246 e. The highest BCUT2D eigenvalue weighted by Gasteiger charge is 2.32. The smallest absolute Gasteiger partial charge is 0.246 e. The Hall–Kier alpha value is -2.37. The molecule has 0 saturated carbocycles. The lowest BCUT2D eigenvalue weighted by atomic mass is 9.96. The van der Waals surface area contributed by atoms with E-state index in [1.807, 2.05) is 4.91 Å². The molecule has 0 saturated heterocycles. The van der Waals surface area contributed by atoms with Crippen LogP contribution < -0.4 is 10.0 Å². The fraction of sp³-hybridized carbons (Fsp3) is 0.462. The number of amides is 1. The molecule has 13 heteroatoms. The molecule has 0 aliphatic heterocycles. The van der Waals surface area contributed by atoms with Crippen LogP contribution in [0, 0.1) is 28.7 Å². The van der Waals surface area contributed by atoms with Gasteiger partial charge in [0.1, 0.15) is 5.69 Å². The predicted octanol–water partition coefficient (Wildman–Crippen LogP) is 2.63. The average Bonchev–Trinajstić information content (AvgIpc) is 2.52. The molecule has 0 fully saturated rings. The van der Waals surface area contributed by atoms with E-state index in [0.29, 0.717) is 0 Å². The minimum Gasteiger partial charge on any atom is -0.354 e. The van der Waals surface area contributed by atoms with Crippen molar-refractivity contribution in [2.24, 2.45) is 10.5 Å². The molecule has 26 heavy (non-hydrogen) atoms. The molecule has 8 nitrogen and oxygen atoms in total. The first-order valence-electron chi connectivity index (χ1n) is 7.03. The maximum atomic E-state index is 13.9. The molecule has 0 aromatic heterocycles. The summed E-state index contributed by atoms with van der Waals surface area (Å²) in [5.74, 6) is -9.19. The van der Waals surface area contributed by atoms with E-state index < -0.39 is 61.7 Å². The molecule has 0 bridgehead atoms. The van der Waals surface area contributed by atoms with Crippen molar-refractivity contribution in [2.45, 2.75) is 25.7 Å². The number of benzene rings is 1. The van der Waals surface area contributed by atoms with E-state index >= 15 is 0 Å². The fourth-order valence-electron chi connectivity index (χ4n) is 1.67. The number of carbonyl (C=O) groups is 1. The first kappa shape index (κ1) is 21.7. The number of sulfonamides is 1. The number of rotatable bonds is 6. The molecular weight excluding hydrogens is 382 g/mol. The van der Waals surface area contributed by atoms with Crippen LogP contribution in [0.4, 0.5) is 23.2 Å². The van der Waals surface area contributed by atoms with Crippen molar-refractivity contribution in [1.29, 1.82) is 0 Å². The van der Waals surface area contributed by atoms with Crippen LogP contribution in [0.1, 0.15) is 20.8 Å². The minimum absolute atomic E-state index is 0.236. The summed E-state index contributed by atoms with van der Waals surface area (Å²) in [6.45, 7) is 4.08. The zero-order valence-electron chi connectivity index (χ0n) is 13.9. The largest absolute Gasteiger partial charge is 0.354 e. The van der Waals surface area contributed by atoms with Gasteiger partial charge in [0.25, 0.3) is 0 Å². The van der Waals surface area contributed by atoms with Gasteiger partial charge >= 0.3 is 0 Å². The number of hydrogen-bond donors (Lipinski definition) is 2. The molecule has 0 heterocycles. The summed E-state index contributed by atoms with van der Waals surface area (Å²) < 4.78 is 80.6. The Kier molecular flexibility index (Phi) is 6.58. The molecule has 1 amide bonds. The second-order valence-electron chi connectivity index (χ2n) is 6.03. The van der Waals surface area contributed by atoms with Gasteiger partial charge in [-0.15, -0.1) is 0 Å². The van der Waals surface area contributed by atoms with Crippen molar-refractivity contribution < 1.29 is 30.8 Å². The van der Waals surface area contributed by atoms with Gasteiger partial charge in [-0.2, -0.15) is 0 Å². The Morgan fingerprint density at radius 2 is 1.58 bits per heavy atom. The van der Waals surface area contributed by atoms with Gasteiger partial charge in [-0.1, -0.05) is 25.9 Å². The van der Waals surface area contributed by atoms with Crippen LogP contribution in [0.25, 0.3) is 10.4 Å². The van der Waals surface area contributed by atoms with Crippen LogP contribution in [0.2, 0.25) is 0 Å². The van der Waals surface area contributed by atoms with Gasteiger partial charge in [0.15, 0.2) is 28.2 Å². The molecule has 0 radical (unpaired) electrons. The van der Waals surface area contributed by atoms with Crippen molar-refractivity contribution in [3.05, 3.63) is 33.7 Å². The van der Waals surface area contributed by atoms with Crippen LogP contribution in [-0.2, 0) is 14.8 Å². The van der Waals surface area contributed by atoms with E-state index in [1.54, 1.807) is 25.5 Å². The molecule has 2 N–H and O–H groups in total. The van der Waals surface area contributed by atoms with Crippen LogP contribution in [0.5, 0.6) is 0 Å². The number of halogens is 4. The normalized spacial score (nSPS) is 11.8. The molecule has 0 atom stereocenters. The first-order valence-corrected chi connectivity index (χ1v) is 8.52. The highest BCUT2D eigenvalue weighted by atomic mass is 32.2. The summed E-state index contributed by atoms with van der Waals surface area (Å²) in [6, 6.07) is 0.